The molecular formula is C14H13NO3. The second-order valence-corrected chi connectivity index (χ2v) is 3.68. The summed E-state index contributed by atoms with van der Waals surface area (Å²) in [6.07, 6.45) is 1.62. The van der Waals surface area contributed by atoms with E-state index in [0.717, 1.165) is 5.75 Å². The number of benzene rings is 1. The molecule has 0 saturated heterocycles. The van der Waals surface area contributed by atoms with Crippen molar-refractivity contribution < 1.29 is 14.3 Å². The smallest absolute Gasteiger partial charge is 0.303 e. The first-order chi connectivity index (χ1) is 8.74. The van der Waals surface area contributed by atoms with E-state index in [0.29, 0.717) is 11.4 Å². The highest BCUT2D eigenvalue weighted by Gasteiger charge is 2.01. The van der Waals surface area contributed by atoms with E-state index in [9.17, 15) is 4.79 Å². The van der Waals surface area contributed by atoms with Crippen LogP contribution in [-0.4, -0.2) is 11.0 Å². The van der Waals surface area contributed by atoms with Crippen molar-refractivity contribution in [1.82, 2.24) is 4.98 Å². The minimum atomic E-state index is -0.328. The number of hydrogen-bond donors (Lipinski definition) is 0. The Kier molecular flexibility index (Phi) is 3.91. The molecule has 0 saturated carbocycles. The summed E-state index contributed by atoms with van der Waals surface area (Å²) < 4.78 is 10.5. The van der Waals surface area contributed by atoms with Gasteiger partial charge in [0.15, 0.2) is 0 Å². The largest absolute Gasteiger partial charge is 0.459 e. The number of hydrogen-bond acceptors (Lipinski definition) is 4. The van der Waals surface area contributed by atoms with Crippen molar-refractivity contribution >= 4 is 5.97 Å². The van der Waals surface area contributed by atoms with Crippen molar-refractivity contribution in [2.24, 2.45) is 0 Å². The highest BCUT2D eigenvalue weighted by Crippen LogP contribution is 2.20. The topological polar surface area (TPSA) is 48.4 Å². The van der Waals surface area contributed by atoms with Crippen LogP contribution in [0, 0.1) is 0 Å². The molecule has 1 heterocycles. The molecule has 0 aliphatic carbocycles. The fraction of sp³-hybridized carbons (Fsp3) is 0.143. The number of rotatable bonds is 4. The molecule has 0 atom stereocenters. The van der Waals surface area contributed by atoms with E-state index in [-0.39, 0.29) is 12.6 Å². The predicted molar refractivity (Wildman–Crippen MR) is 66.2 cm³/mol. The van der Waals surface area contributed by atoms with Gasteiger partial charge in [-0.05, 0) is 18.2 Å². The lowest BCUT2D eigenvalue weighted by molar-refractivity contribution is -0.142. The Morgan fingerprint density at radius 2 is 1.94 bits per heavy atom. The normalized spacial score (nSPS) is 9.83. The van der Waals surface area contributed by atoms with Crippen LogP contribution in [0.4, 0.5) is 0 Å². The number of esters is 1. The SMILES string of the molecule is CC(=O)OCc1cc(Oc2ccccc2)ccn1. The van der Waals surface area contributed by atoms with Gasteiger partial charge in [0.25, 0.3) is 0 Å². The standard InChI is InChI=1S/C14H13NO3/c1-11(16)17-10-12-9-14(7-8-15-12)18-13-5-3-2-4-6-13/h2-9H,10H2,1H3. The maximum absolute atomic E-state index is 10.7. The molecule has 18 heavy (non-hydrogen) atoms. The van der Waals surface area contributed by atoms with Crippen molar-refractivity contribution in [2.45, 2.75) is 13.5 Å². The maximum atomic E-state index is 10.7. The molecule has 0 bridgehead atoms. The number of carbonyl (C=O) groups excluding carboxylic acids is 1. The van der Waals surface area contributed by atoms with Crippen molar-refractivity contribution in [1.29, 1.82) is 0 Å². The third-order valence-corrected chi connectivity index (χ3v) is 2.19. The van der Waals surface area contributed by atoms with Crippen LogP contribution < -0.4 is 4.74 Å². The molecule has 4 heteroatoms. The molecule has 0 N–H and O–H groups in total. The van der Waals surface area contributed by atoms with E-state index in [2.05, 4.69) is 4.98 Å². The van der Waals surface area contributed by atoms with Crippen LogP contribution in [0.1, 0.15) is 12.6 Å². The number of carbonyl (C=O) groups is 1. The van der Waals surface area contributed by atoms with Crippen LogP contribution >= 0.6 is 0 Å². The van der Waals surface area contributed by atoms with Gasteiger partial charge < -0.3 is 9.47 Å². The van der Waals surface area contributed by atoms with Crippen LogP contribution in [0.15, 0.2) is 48.7 Å². The van der Waals surface area contributed by atoms with Gasteiger partial charge in [0.2, 0.25) is 0 Å². The first kappa shape index (κ1) is 12.1. The molecular weight excluding hydrogens is 230 g/mol. The fourth-order valence-corrected chi connectivity index (χ4v) is 1.40. The number of para-hydroxylation sites is 1. The molecule has 0 radical (unpaired) electrons. The third kappa shape index (κ3) is 3.59. The number of nitrogens with zero attached hydrogens (tertiary/aromatic N) is 1. The summed E-state index contributed by atoms with van der Waals surface area (Å²) in [7, 11) is 0. The van der Waals surface area contributed by atoms with Crippen LogP contribution in [0.25, 0.3) is 0 Å². The second-order valence-electron chi connectivity index (χ2n) is 3.68. The second kappa shape index (κ2) is 5.82. The molecule has 92 valence electrons. The zero-order valence-electron chi connectivity index (χ0n) is 10.00. The number of pyridine rings is 1. The van der Waals surface area contributed by atoms with Gasteiger partial charge in [-0.2, -0.15) is 0 Å². The molecule has 0 amide bonds. The molecule has 0 spiro atoms. The van der Waals surface area contributed by atoms with Crippen LogP contribution in [-0.2, 0) is 16.1 Å². The summed E-state index contributed by atoms with van der Waals surface area (Å²) in [5.41, 5.74) is 0.652. The van der Waals surface area contributed by atoms with Crippen LogP contribution in [0.5, 0.6) is 11.5 Å². The first-order valence-electron chi connectivity index (χ1n) is 5.55. The molecule has 1 aromatic heterocycles. The average molecular weight is 243 g/mol. The van der Waals surface area contributed by atoms with E-state index in [1.54, 1.807) is 18.3 Å². The van der Waals surface area contributed by atoms with Gasteiger partial charge >= 0.3 is 5.97 Å². The first-order valence-corrected chi connectivity index (χ1v) is 5.55. The number of ether oxygens (including phenoxy) is 2. The predicted octanol–water partition coefficient (Wildman–Crippen LogP) is 2.94. The lowest BCUT2D eigenvalue weighted by Crippen LogP contribution is -2.00. The maximum Gasteiger partial charge on any atom is 0.303 e. The van der Waals surface area contributed by atoms with Crippen molar-refractivity contribution in [2.75, 3.05) is 0 Å². The minimum Gasteiger partial charge on any atom is -0.459 e. The summed E-state index contributed by atoms with van der Waals surface area (Å²) >= 11 is 0. The zero-order valence-corrected chi connectivity index (χ0v) is 10.00. The molecule has 4 nitrogen and oxygen atoms in total. The van der Waals surface area contributed by atoms with E-state index >= 15 is 0 Å². The summed E-state index contributed by atoms with van der Waals surface area (Å²) in [6, 6.07) is 13.0. The van der Waals surface area contributed by atoms with Gasteiger partial charge in [-0.3, -0.25) is 9.78 Å². The van der Waals surface area contributed by atoms with Crippen LogP contribution in [0.2, 0.25) is 0 Å². The van der Waals surface area contributed by atoms with Crippen molar-refractivity contribution in [3.05, 3.63) is 54.4 Å². The monoisotopic (exact) mass is 243 g/mol. The Morgan fingerprint density at radius 1 is 1.17 bits per heavy atom. The van der Waals surface area contributed by atoms with E-state index in [4.69, 9.17) is 9.47 Å². The van der Waals surface area contributed by atoms with Crippen molar-refractivity contribution in [3.8, 4) is 11.5 Å². The van der Waals surface area contributed by atoms with Gasteiger partial charge in [-0.1, -0.05) is 18.2 Å². The minimum absolute atomic E-state index is 0.154. The van der Waals surface area contributed by atoms with Gasteiger partial charge in [0.05, 0.1) is 5.69 Å². The van der Waals surface area contributed by atoms with Crippen molar-refractivity contribution in [3.63, 3.8) is 0 Å². The Labute approximate surface area is 105 Å². The highest BCUT2D eigenvalue weighted by atomic mass is 16.5. The molecule has 0 aliphatic heterocycles. The van der Waals surface area contributed by atoms with Gasteiger partial charge in [-0.15, -0.1) is 0 Å². The molecule has 0 fully saturated rings. The van der Waals surface area contributed by atoms with Gasteiger partial charge in [-0.25, -0.2) is 0 Å². The van der Waals surface area contributed by atoms with E-state index in [1.807, 2.05) is 30.3 Å². The Morgan fingerprint density at radius 3 is 2.67 bits per heavy atom. The summed E-state index contributed by atoms with van der Waals surface area (Å²) in [5, 5.41) is 0. The number of aromatic nitrogens is 1. The highest BCUT2D eigenvalue weighted by molar-refractivity contribution is 5.65. The molecule has 0 aliphatic rings. The van der Waals surface area contributed by atoms with Gasteiger partial charge in [0, 0.05) is 19.2 Å². The lowest BCUT2D eigenvalue weighted by Gasteiger charge is -2.07. The van der Waals surface area contributed by atoms with E-state index in [1.165, 1.54) is 6.92 Å². The summed E-state index contributed by atoms with van der Waals surface area (Å²) in [4.78, 5) is 14.8. The zero-order chi connectivity index (χ0) is 12.8. The summed E-state index contributed by atoms with van der Waals surface area (Å²) in [6.45, 7) is 1.52. The summed E-state index contributed by atoms with van der Waals surface area (Å²) in [5.74, 6) is 1.09. The molecule has 2 rings (SSSR count). The Hall–Kier alpha value is -2.36. The molecule has 2 aromatic rings. The Bertz CT molecular complexity index is 526. The molecule has 0 unspecified atom stereocenters. The molecule has 1 aromatic carbocycles. The van der Waals surface area contributed by atoms with E-state index < -0.39 is 0 Å². The van der Waals surface area contributed by atoms with Gasteiger partial charge in [0.1, 0.15) is 18.1 Å². The van der Waals surface area contributed by atoms with Crippen LogP contribution in [0.3, 0.4) is 0 Å². The quantitative estimate of drug-likeness (QED) is 0.774. The average Bonchev–Trinajstić information content (AvgIpc) is 2.38. The Balaban J connectivity index is 2.05. The fourth-order valence-electron chi connectivity index (χ4n) is 1.40. The lowest BCUT2D eigenvalue weighted by atomic mass is 10.3. The third-order valence-electron chi connectivity index (χ3n) is 2.19.